The van der Waals surface area contributed by atoms with E-state index in [9.17, 15) is 0 Å². The number of hydrogen-bond donors (Lipinski definition) is 2. The minimum atomic E-state index is 0.349. The van der Waals surface area contributed by atoms with Crippen LogP contribution in [0.25, 0.3) is 0 Å². The summed E-state index contributed by atoms with van der Waals surface area (Å²) in [5.41, 5.74) is 0. The third-order valence-electron chi connectivity index (χ3n) is 2.35. The molecule has 0 aliphatic carbocycles. The highest BCUT2D eigenvalue weighted by atomic mass is 15.3. The monoisotopic (exact) mass is 238 g/mol. The zero-order valence-corrected chi connectivity index (χ0v) is 11.3. The Kier molecular flexibility index (Phi) is 4.93. The molecule has 0 bridgehead atoms. The van der Waals surface area contributed by atoms with Crippen LogP contribution in [0.1, 0.15) is 27.2 Å². The molecule has 1 aromatic heterocycles. The number of hydrogen-bond acceptors (Lipinski definition) is 6. The standard InChI is InChI=1S/C11H22N6/c1-6-8(3)13-10-14-9(12-7-2)15-11(16-10)17(4)5/h8H,6-7H2,1-5H3,(H2,12,13,14,15,16). The molecule has 0 fully saturated rings. The van der Waals surface area contributed by atoms with Crippen molar-refractivity contribution in [2.75, 3.05) is 36.2 Å². The van der Waals surface area contributed by atoms with Crippen LogP contribution in [0, 0.1) is 0 Å². The Labute approximate surface area is 103 Å². The second kappa shape index (κ2) is 6.22. The third kappa shape index (κ3) is 4.05. The van der Waals surface area contributed by atoms with Crippen LogP contribution in [0.2, 0.25) is 0 Å². The van der Waals surface area contributed by atoms with Crippen LogP contribution in [-0.2, 0) is 0 Å². The molecular formula is C11H22N6. The average molecular weight is 238 g/mol. The van der Waals surface area contributed by atoms with E-state index in [4.69, 9.17) is 0 Å². The highest BCUT2D eigenvalue weighted by Crippen LogP contribution is 2.12. The quantitative estimate of drug-likeness (QED) is 0.784. The van der Waals surface area contributed by atoms with Crippen molar-refractivity contribution < 1.29 is 0 Å². The summed E-state index contributed by atoms with van der Waals surface area (Å²) in [4.78, 5) is 14.9. The summed E-state index contributed by atoms with van der Waals surface area (Å²) in [6.07, 6.45) is 1.03. The number of rotatable bonds is 6. The Balaban J connectivity index is 2.94. The van der Waals surface area contributed by atoms with Crippen LogP contribution in [0.3, 0.4) is 0 Å². The molecule has 17 heavy (non-hydrogen) atoms. The molecule has 1 atom stereocenters. The topological polar surface area (TPSA) is 66.0 Å². The Morgan fingerprint density at radius 3 is 2.29 bits per heavy atom. The summed E-state index contributed by atoms with van der Waals surface area (Å²) in [5.74, 6) is 1.88. The largest absolute Gasteiger partial charge is 0.354 e. The first-order valence-corrected chi connectivity index (χ1v) is 6.00. The van der Waals surface area contributed by atoms with Gasteiger partial charge in [-0.25, -0.2) is 0 Å². The smallest absolute Gasteiger partial charge is 0.231 e. The predicted octanol–water partition coefficient (Wildman–Crippen LogP) is 1.58. The third-order valence-corrected chi connectivity index (χ3v) is 2.35. The molecule has 0 aliphatic heterocycles. The molecule has 0 aromatic carbocycles. The molecule has 1 rings (SSSR count). The summed E-state index contributed by atoms with van der Waals surface area (Å²) >= 11 is 0. The first-order valence-electron chi connectivity index (χ1n) is 6.00. The van der Waals surface area contributed by atoms with Crippen molar-refractivity contribution in [3.8, 4) is 0 Å². The second-order valence-corrected chi connectivity index (χ2v) is 4.16. The van der Waals surface area contributed by atoms with Gasteiger partial charge in [-0.15, -0.1) is 0 Å². The first kappa shape index (κ1) is 13.5. The molecule has 2 N–H and O–H groups in total. The molecule has 0 saturated heterocycles. The van der Waals surface area contributed by atoms with Crippen LogP contribution in [0.4, 0.5) is 17.8 Å². The van der Waals surface area contributed by atoms with E-state index in [1.165, 1.54) is 0 Å². The minimum absolute atomic E-state index is 0.349. The molecule has 1 unspecified atom stereocenters. The van der Waals surface area contributed by atoms with Gasteiger partial charge in [-0.05, 0) is 20.3 Å². The SMILES string of the molecule is CCNc1nc(NC(C)CC)nc(N(C)C)n1. The van der Waals surface area contributed by atoms with Gasteiger partial charge in [0, 0.05) is 26.7 Å². The first-order chi connectivity index (χ1) is 8.06. The Morgan fingerprint density at radius 1 is 1.12 bits per heavy atom. The van der Waals surface area contributed by atoms with Crippen molar-refractivity contribution in [1.29, 1.82) is 0 Å². The normalized spacial score (nSPS) is 12.1. The molecule has 96 valence electrons. The highest BCUT2D eigenvalue weighted by molar-refractivity contribution is 5.43. The van der Waals surface area contributed by atoms with Gasteiger partial charge in [-0.2, -0.15) is 15.0 Å². The van der Waals surface area contributed by atoms with Crippen molar-refractivity contribution >= 4 is 17.8 Å². The summed E-state index contributed by atoms with van der Waals surface area (Å²) in [7, 11) is 3.83. The Bertz CT molecular complexity index is 352. The Morgan fingerprint density at radius 2 is 1.76 bits per heavy atom. The van der Waals surface area contributed by atoms with Gasteiger partial charge >= 0.3 is 0 Å². The van der Waals surface area contributed by atoms with Crippen LogP contribution < -0.4 is 15.5 Å². The van der Waals surface area contributed by atoms with E-state index < -0.39 is 0 Å². The maximum absolute atomic E-state index is 4.36. The van der Waals surface area contributed by atoms with Gasteiger partial charge < -0.3 is 15.5 Å². The molecule has 0 spiro atoms. The lowest BCUT2D eigenvalue weighted by Gasteiger charge is -2.16. The zero-order valence-electron chi connectivity index (χ0n) is 11.3. The lowest BCUT2D eigenvalue weighted by molar-refractivity contribution is 0.750. The molecule has 6 nitrogen and oxygen atoms in total. The number of nitrogens with one attached hydrogen (secondary N) is 2. The number of aromatic nitrogens is 3. The van der Waals surface area contributed by atoms with Crippen LogP contribution in [0.15, 0.2) is 0 Å². The zero-order chi connectivity index (χ0) is 12.8. The van der Waals surface area contributed by atoms with E-state index in [0.717, 1.165) is 13.0 Å². The fourth-order valence-corrected chi connectivity index (χ4v) is 1.19. The van der Waals surface area contributed by atoms with Crippen molar-refractivity contribution in [1.82, 2.24) is 15.0 Å². The van der Waals surface area contributed by atoms with Gasteiger partial charge in [-0.1, -0.05) is 6.92 Å². The van der Waals surface area contributed by atoms with Crippen molar-refractivity contribution in [2.45, 2.75) is 33.2 Å². The number of anilines is 3. The van der Waals surface area contributed by atoms with E-state index >= 15 is 0 Å². The average Bonchev–Trinajstić information content (AvgIpc) is 2.29. The summed E-state index contributed by atoms with van der Waals surface area (Å²) in [6, 6.07) is 0.349. The molecule has 0 radical (unpaired) electrons. The van der Waals surface area contributed by atoms with Gasteiger partial charge in [0.05, 0.1) is 0 Å². The fourth-order valence-electron chi connectivity index (χ4n) is 1.19. The minimum Gasteiger partial charge on any atom is -0.354 e. The molecule has 0 saturated carbocycles. The van der Waals surface area contributed by atoms with Gasteiger partial charge in [0.2, 0.25) is 17.8 Å². The molecule has 1 aromatic rings. The summed E-state index contributed by atoms with van der Waals surface area (Å²) in [5, 5.41) is 6.36. The van der Waals surface area contributed by atoms with Gasteiger partial charge in [0.15, 0.2) is 0 Å². The molecular weight excluding hydrogens is 216 g/mol. The van der Waals surface area contributed by atoms with Crippen molar-refractivity contribution in [3.63, 3.8) is 0 Å². The van der Waals surface area contributed by atoms with Gasteiger partial charge in [-0.3, -0.25) is 0 Å². The summed E-state index contributed by atoms with van der Waals surface area (Å²) in [6.45, 7) is 7.03. The summed E-state index contributed by atoms with van der Waals surface area (Å²) < 4.78 is 0. The Hall–Kier alpha value is -1.59. The van der Waals surface area contributed by atoms with Crippen molar-refractivity contribution in [3.05, 3.63) is 0 Å². The highest BCUT2D eigenvalue weighted by Gasteiger charge is 2.08. The van der Waals surface area contributed by atoms with Crippen LogP contribution in [-0.4, -0.2) is 41.6 Å². The van der Waals surface area contributed by atoms with Crippen LogP contribution in [0.5, 0.6) is 0 Å². The van der Waals surface area contributed by atoms with E-state index in [0.29, 0.717) is 23.9 Å². The lowest BCUT2D eigenvalue weighted by Crippen LogP contribution is -2.20. The lowest BCUT2D eigenvalue weighted by atomic mass is 10.3. The maximum atomic E-state index is 4.36. The van der Waals surface area contributed by atoms with E-state index in [1.54, 1.807) is 0 Å². The second-order valence-electron chi connectivity index (χ2n) is 4.16. The molecule has 0 amide bonds. The molecule has 6 heteroatoms. The molecule has 1 heterocycles. The predicted molar refractivity (Wildman–Crippen MR) is 71.7 cm³/mol. The maximum Gasteiger partial charge on any atom is 0.231 e. The van der Waals surface area contributed by atoms with E-state index in [-0.39, 0.29) is 0 Å². The number of nitrogens with zero attached hydrogens (tertiary/aromatic N) is 4. The van der Waals surface area contributed by atoms with Crippen molar-refractivity contribution in [2.24, 2.45) is 0 Å². The van der Waals surface area contributed by atoms with Gasteiger partial charge in [0.1, 0.15) is 0 Å². The van der Waals surface area contributed by atoms with Crippen LogP contribution >= 0.6 is 0 Å². The van der Waals surface area contributed by atoms with E-state index in [2.05, 4.69) is 39.4 Å². The fraction of sp³-hybridized carbons (Fsp3) is 0.727. The van der Waals surface area contributed by atoms with Gasteiger partial charge in [0.25, 0.3) is 0 Å². The van der Waals surface area contributed by atoms with E-state index in [1.807, 2.05) is 25.9 Å². The molecule has 0 aliphatic rings.